The Kier molecular flexibility index (Phi) is 7.09. The summed E-state index contributed by atoms with van der Waals surface area (Å²) in [5.74, 6) is -1.36. The van der Waals surface area contributed by atoms with Crippen LogP contribution in [0.2, 0.25) is 0 Å². The number of nitrogens with zero attached hydrogens (tertiary/aromatic N) is 2. The number of carboxylic acid groups (broad SMARTS) is 2. The molecule has 2 heterocycles. The Morgan fingerprint density at radius 2 is 1.71 bits per heavy atom. The minimum absolute atomic E-state index is 0.00371. The van der Waals surface area contributed by atoms with E-state index >= 15 is 0 Å². The number of ether oxygens (including phenoxy) is 1. The zero-order valence-electron chi connectivity index (χ0n) is 17.4. The Morgan fingerprint density at radius 1 is 0.971 bits per heavy atom. The van der Waals surface area contributed by atoms with Crippen molar-refractivity contribution in [2.45, 2.75) is 12.5 Å². The molecule has 0 radical (unpaired) electrons. The summed E-state index contributed by atoms with van der Waals surface area (Å²) in [6.45, 7) is 0. The molecular formula is C24H17Br2N3O5. The lowest BCUT2D eigenvalue weighted by molar-refractivity contribution is -0.137. The molecule has 0 spiro atoms. The Morgan fingerprint density at radius 3 is 2.35 bits per heavy atom. The van der Waals surface area contributed by atoms with Gasteiger partial charge in [-0.1, -0.05) is 28.1 Å². The second kappa shape index (κ2) is 10.2. The zero-order chi connectivity index (χ0) is 24.2. The lowest BCUT2D eigenvalue weighted by Gasteiger charge is -2.17. The quantitative estimate of drug-likeness (QED) is 0.238. The second-order valence-corrected chi connectivity index (χ2v) is 9.16. The van der Waals surface area contributed by atoms with E-state index in [9.17, 15) is 19.8 Å². The molecule has 0 aliphatic rings. The standard InChI is InChI=1S/C24H17Br2N3O5/c25-15-3-7-19-14(10-15)11-18(23(30)31)22(28-19)29-20(24(32)33)9-13-1-5-17(6-2-13)34-21-8-4-16(26)12-27-21/h1-8,10-12,20H,9H2,(H,28,29)(H,30,31)(H,32,33). The first-order valence-electron chi connectivity index (χ1n) is 10.00. The highest BCUT2D eigenvalue weighted by Gasteiger charge is 2.22. The maximum atomic E-state index is 12.0. The van der Waals surface area contributed by atoms with Crippen LogP contribution in [-0.2, 0) is 11.2 Å². The van der Waals surface area contributed by atoms with Crippen molar-refractivity contribution in [3.05, 3.63) is 86.9 Å². The maximum absolute atomic E-state index is 12.0. The van der Waals surface area contributed by atoms with E-state index in [0.29, 0.717) is 22.5 Å². The van der Waals surface area contributed by atoms with E-state index in [0.717, 1.165) is 14.5 Å². The van der Waals surface area contributed by atoms with Crippen LogP contribution < -0.4 is 10.1 Å². The van der Waals surface area contributed by atoms with Crippen LogP contribution in [-0.4, -0.2) is 38.2 Å². The number of carboxylic acids is 2. The molecule has 0 aliphatic carbocycles. The van der Waals surface area contributed by atoms with Crippen molar-refractivity contribution in [3.63, 3.8) is 0 Å². The molecule has 2 aromatic carbocycles. The van der Waals surface area contributed by atoms with E-state index in [1.165, 1.54) is 6.07 Å². The van der Waals surface area contributed by atoms with E-state index < -0.39 is 18.0 Å². The number of fused-ring (bicyclic) bond motifs is 1. The molecule has 4 aromatic rings. The van der Waals surface area contributed by atoms with Gasteiger partial charge in [0.05, 0.1) is 5.52 Å². The highest BCUT2D eigenvalue weighted by Crippen LogP contribution is 2.26. The van der Waals surface area contributed by atoms with Gasteiger partial charge in [-0.15, -0.1) is 0 Å². The summed E-state index contributed by atoms with van der Waals surface area (Å²) in [7, 11) is 0. The van der Waals surface area contributed by atoms with Gasteiger partial charge < -0.3 is 20.3 Å². The van der Waals surface area contributed by atoms with Gasteiger partial charge in [0, 0.05) is 33.0 Å². The summed E-state index contributed by atoms with van der Waals surface area (Å²) >= 11 is 6.67. The minimum atomic E-state index is -1.20. The number of anilines is 1. The van der Waals surface area contributed by atoms with Crippen LogP contribution in [0.25, 0.3) is 10.9 Å². The average molecular weight is 587 g/mol. The van der Waals surface area contributed by atoms with Crippen molar-refractivity contribution < 1.29 is 24.5 Å². The number of aromatic nitrogens is 2. The molecule has 2 aromatic heterocycles. The smallest absolute Gasteiger partial charge is 0.339 e. The zero-order valence-corrected chi connectivity index (χ0v) is 20.6. The molecule has 1 unspecified atom stereocenters. The number of hydrogen-bond donors (Lipinski definition) is 3. The van der Waals surface area contributed by atoms with Crippen LogP contribution in [0.3, 0.4) is 0 Å². The third-order valence-corrected chi connectivity index (χ3v) is 5.86. The van der Waals surface area contributed by atoms with Crippen molar-refractivity contribution in [2.24, 2.45) is 0 Å². The molecule has 1 atom stereocenters. The fourth-order valence-corrected chi connectivity index (χ4v) is 3.87. The average Bonchev–Trinajstić information content (AvgIpc) is 2.80. The third kappa shape index (κ3) is 5.70. The first-order chi connectivity index (χ1) is 16.3. The molecule has 8 nitrogen and oxygen atoms in total. The molecule has 0 saturated heterocycles. The van der Waals surface area contributed by atoms with E-state index in [1.54, 1.807) is 54.7 Å². The summed E-state index contributed by atoms with van der Waals surface area (Å²) in [5.41, 5.74) is 1.16. The molecule has 4 rings (SSSR count). The van der Waals surface area contributed by atoms with Gasteiger partial charge in [0.15, 0.2) is 0 Å². The van der Waals surface area contributed by atoms with Crippen LogP contribution in [0.15, 0.2) is 75.8 Å². The van der Waals surface area contributed by atoms with Gasteiger partial charge >= 0.3 is 11.9 Å². The van der Waals surface area contributed by atoms with Crippen LogP contribution in [0.4, 0.5) is 5.82 Å². The van der Waals surface area contributed by atoms with Gasteiger partial charge in [0.25, 0.3) is 0 Å². The van der Waals surface area contributed by atoms with Crippen LogP contribution >= 0.6 is 31.9 Å². The molecule has 0 fully saturated rings. The fourth-order valence-electron chi connectivity index (χ4n) is 3.26. The number of rotatable bonds is 8. The first kappa shape index (κ1) is 23.7. The Balaban J connectivity index is 1.54. The molecule has 0 saturated carbocycles. The normalized spacial score (nSPS) is 11.7. The number of halogens is 2. The molecule has 3 N–H and O–H groups in total. The lowest BCUT2D eigenvalue weighted by Crippen LogP contribution is -2.32. The maximum Gasteiger partial charge on any atom is 0.339 e. The van der Waals surface area contributed by atoms with Gasteiger partial charge in [-0.25, -0.2) is 19.6 Å². The molecular weight excluding hydrogens is 570 g/mol. The van der Waals surface area contributed by atoms with E-state index in [4.69, 9.17) is 4.74 Å². The van der Waals surface area contributed by atoms with Gasteiger partial charge in [0.2, 0.25) is 5.88 Å². The lowest BCUT2D eigenvalue weighted by atomic mass is 10.0. The molecule has 0 bridgehead atoms. The third-order valence-electron chi connectivity index (χ3n) is 4.90. The largest absolute Gasteiger partial charge is 0.480 e. The SMILES string of the molecule is O=C(O)c1cc2cc(Br)ccc2nc1NC(Cc1ccc(Oc2ccc(Br)cn2)cc1)C(=O)O. The summed E-state index contributed by atoms with van der Waals surface area (Å²) in [5, 5.41) is 22.8. The fraction of sp³-hybridized carbons (Fsp3) is 0.0833. The van der Waals surface area contributed by atoms with Gasteiger partial charge in [-0.05, 0) is 64.0 Å². The van der Waals surface area contributed by atoms with Crippen molar-refractivity contribution >= 4 is 60.5 Å². The van der Waals surface area contributed by atoms with Crippen molar-refractivity contribution in [1.82, 2.24) is 9.97 Å². The predicted molar refractivity (Wildman–Crippen MR) is 134 cm³/mol. The van der Waals surface area contributed by atoms with Crippen LogP contribution in [0.1, 0.15) is 15.9 Å². The predicted octanol–water partition coefficient (Wildman–Crippen LogP) is 5.75. The van der Waals surface area contributed by atoms with E-state index in [2.05, 4.69) is 47.1 Å². The summed E-state index contributed by atoms with van der Waals surface area (Å²) in [6.07, 6.45) is 1.73. The van der Waals surface area contributed by atoms with E-state index in [-0.39, 0.29) is 17.8 Å². The topological polar surface area (TPSA) is 122 Å². The highest BCUT2D eigenvalue weighted by atomic mass is 79.9. The molecule has 10 heteroatoms. The number of pyridine rings is 2. The van der Waals surface area contributed by atoms with Gasteiger partial charge in [-0.2, -0.15) is 0 Å². The highest BCUT2D eigenvalue weighted by molar-refractivity contribution is 9.10. The van der Waals surface area contributed by atoms with Crippen molar-refractivity contribution in [3.8, 4) is 11.6 Å². The first-order valence-corrected chi connectivity index (χ1v) is 11.6. The number of benzene rings is 2. The number of aliphatic carboxylic acids is 1. The summed E-state index contributed by atoms with van der Waals surface area (Å²) in [6, 6.07) is 16.1. The van der Waals surface area contributed by atoms with Crippen molar-refractivity contribution in [2.75, 3.05) is 5.32 Å². The number of aromatic carboxylic acids is 1. The monoisotopic (exact) mass is 585 g/mol. The molecule has 34 heavy (non-hydrogen) atoms. The molecule has 172 valence electrons. The molecule has 0 amide bonds. The minimum Gasteiger partial charge on any atom is -0.480 e. The second-order valence-electron chi connectivity index (χ2n) is 7.33. The van der Waals surface area contributed by atoms with Crippen LogP contribution in [0, 0.1) is 0 Å². The number of nitrogens with one attached hydrogen (secondary N) is 1. The van der Waals surface area contributed by atoms with Crippen molar-refractivity contribution in [1.29, 1.82) is 0 Å². The Hall–Kier alpha value is -3.50. The number of carbonyl (C=O) groups is 2. The molecule has 0 aliphatic heterocycles. The number of hydrogen-bond acceptors (Lipinski definition) is 6. The summed E-state index contributed by atoms with van der Waals surface area (Å²) < 4.78 is 7.30. The van der Waals surface area contributed by atoms with Gasteiger partial charge in [-0.3, -0.25) is 0 Å². The van der Waals surface area contributed by atoms with E-state index in [1.807, 2.05) is 6.07 Å². The summed E-state index contributed by atoms with van der Waals surface area (Å²) in [4.78, 5) is 32.3. The Bertz CT molecular complexity index is 1360. The van der Waals surface area contributed by atoms with Crippen LogP contribution in [0.5, 0.6) is 11.6 Å². The van der Waals surface area contributed by atoms with Gasteiger partial charge in [0.1, 0.15) is 23.2 Å². The Labute approximate surface area is 210 Å².